The second kappa shape index (κ2) is 7.67. The van der Waals surface area contributed by atoms with Crippen molar-refractivity contribution in [2.75, 3.05) is 12.0 Å². The number of carbonyl (C=O) groups excluding carboxylic acids is 1. The van der Waals surface area contributed by atoms with Crippen molar-refractivity contribution in [3.05, 3.63) is 34.9 Å². The molecular weight excluding hydrogens is 268 g/mol. The van der Waals surface area contributed by atoms with Crippen LogP contribution < -0.4 is 11.1 Å². The van der Waals surface area contributed by atoms with Crippen molar-refractivity contribution in [1.82, 2.24) is 5.32 Å². The Morgan fingerprint density at radius 1 is 1.50 bits per heavy atom. The lowest BCUT2D eigenvalue weighted by atomic mass is 10.1. The van der Waals surface area contributed by atoms with Gasteiger partial charge in [0.1, 0.15) is 0 Å². The fourth-order valence-electron chi connectivity index (χ4n) is 1.60. The van der Waals surface area contributed by atoms with Crippen LogP contribution in [0.25, 0.3) is 0 Å². The summed E-state index contributed by atoms with van der Waals surface area (Å²) < 4.78 is 0. The van der Waals surface area contributed by atoms with Gasteiger partial charge in [0.25, 0.3) is 0 Å². The van der Waals surface area contributed by atoms with Crippen molar-refractivity contribution in [3.63, 3.8) is 0 Å². The number of rotatable bonds is 6. The Balaban J connectivity index is 2.57. The Morgan fingerprint density at radius 2 is 2.17 bits per heavy atom. The summed E-state index contributed by atoms with van der Waals surface area (Å²) in [5.74, 6) is 0.756. The lowest BCUT2D eigenvalue weighted by Crippen LogP contribution is -2.42. The molecule has 0 saturated heterocycles. The average Bonchev–Trinajstić information content (AvgIpc) is 2.36. The maximum absolute atomic E-state index is 11.9. The first-order valence-corrected chi connectivity index (χ1v) is 7.62. The van der Waals surface area contributed by atoms with E-state index in [1.54, 1.807) is 11.8 Å². The van der Waals surface area contributed by atoms with Gasteiger partial charge in [0, 0.05) is 5.02 Å². The number of carbonyl (C=O) groups is 1. The molecule has 1 unspecified atom stereocenters. The molecule has 0 aliphatic heterocycles. The van der Waals surface area contributed by atoms with Gasteiger partial charge in [-0.25, -0.2) is 0 Å². The molecule has 0 saturated carbocycles. The molecule has 3 N–H and O–H groups in total. The zero-order valence-electron chi connectivity index (χ0n) is 10.7. The Morgan fingerprint density at radius 3 is 2.78 bits per heavy atom. The highest BCUT2D eigenvalue weighted by molar-refractivity contribution is 7.98. The maximum atomic E-state index is 11.9. The van der Waals surface area contributed by atoms with E-state index in [0.29, 0.717) is 11.4 Å². The molecular formula is C13H19ClN2OS. The van der Waals surface area contributed by atoms with E-state index in [0.717, 1.165) is 11.3 Å². The average molecular weight is 287 g/mol. The van der Waals surface area contributed by atoms with Crippen LogP contribution in [0.1, 0.15) is 24.9 Å². The number of benzene rings is 1. The molecule has 1 rings (SSSR count). The van der Waals surface area contributed by atoms with Gasteiger partial charge in [-0.05, 0) is 37.0 Å². The van der Waals surface area contributed by atoms with Crippen LogP contribution in [-0.2, 0) is 4.79 Å². The predicted molar refractivity (Wildman–Crippen MR) is 79.0 cm³/mol. The van der Waals surface area contributed by atoms with E-state index in [2.05, 4.69) is 5.32 Å². The lowest BCUT2D eigenvalue weighted by molar-refractivity contribution is -0.123. The minimum atomic E-state index is -0.456. The predicted octanol–water partition coefficient (Wildman–Crippen LogP) is 2.60. The second-order valence-electron chi connectivity index (χ2n) is 4.14. The first-order chi connectivity index (χ1) is 8.56. The normalized spacial score (nSPS) is 14.0. The second-order valence-corrected chi connectivity index (χ2v) is 5.53. The molecule has 5 heteroatoms. The summed E-state index contributed by atoms with van der Waals surface area (Å²) in [7, 11) is 0. The minimum absolute atomic E-state index is 0.128. The van der Waals surface area contributed by atoms with Crippen molar-refractivity contribution in [3.8, 4) is 0 Å². The van der Waals surface area contributed by atoms with E-state index in [-0.39, 0.29) is 11.9 Å². The first kappa shape index (κ1) is 15.3. The largest absolute Gasteiger partial charge is 0.348 e. The number of hydrogen-bond acceptors (Lipinski definition) is 3. The molecule has 1 amide bonds. The number of hydrogen-bond donors (Lipinski definition) is 2. The van der Waals surface area contributed by atoms with Crippen LogP contribution in [0.3, 0.4) is 0 Å². The van der Waals surface area contributed by atoms with E-state index in [1.807, 2.05) is 37.4 Å². The van der Waals surface area contributed by atoms with E-state index in [4.69, 9.17) is 17.3 Å². The van der Waals surface area contributed by atoms with Crippen LogP contribution in [0.2, 0.25) is 5.02 Å². The third-order valence-corrected chi connectivity index (χ3v) is 3.69. The SMILES string of the molecule is CSCC[C@H](N)C(=O)NC(C)c1ccccc1Cl. The molecule has 100 valence electrons. The van der Waals surface area contributed by atoms with Gasteiger partial charge in [-0.15, -0.1) is 0 Å². The Bertz CT molecular complexity index is 400. The van der Waals surface area contributed by atoms with E-state index >= 15 is 0 Å². The highest BCUT2D eigenvalue weighted by Gasteiger charge is 2.17. The number of halogens is 1. The maximum Gasteiger partial charge on any atom is 0.237 e. The highest BCUT2D eigenvalue weighted by Crippen LogP contribution is 2.22. The zero-order chi connectivity index (χ0) is 13.5. The number of nitrogens with two attached hydrogens (primary N) is 1. The molecule has 0 aromatic heterocycles. The standard InChI is InChI=1S/C13H19ClN2OS/c1-9(10-5-3-4-6-11(10)14)16-13(17)12(15)7-8-18-2/h3-6,9,12H,7-8,15H2,1-2H3,(H,16,17)/t9?,12-/m0/s1. The summed E-state index contributed by atoms with van der Waals surface area (Å²) in [5.41, 5.74) is 6.72. The topological polar surface area (TPSA) is 55.1 Å². The van der Waals surface area contributed by atoms with Crippen LogP contribution in [0, 0.1) is 0 Å². The van der Waals surface area contributed by atoms with E-state index in [1.165, 1.54) is 0 Å². The Kier molecular flexibility index (Phi) is 6.54. The molecule has 0 fully saturated rings. The summed E-state index contributed by atoms with van der Waals surface area (Å²) in [6.45, 7) is 1.90. The minimum Gasteiger partial charge on any atom is -0.348 e. The number of nitrogens with one attached hydrogen (secondary N) is 1. The van der Waals surface area contributed by atoms with Crippen LogP contribution in [0.5, 0.6) is 0 Å². The summed E-state index contributed by atoms with van der Waals surface area (Å²) in [6.07, 6.45) is 2.68. The quantitative estimate of drug-likeness (QED) is 0.845. The monoisotopic (exact) mass is 286 g/mol. The molecule has 0 bridgehead atoms. The molecule has 2 atom stereocenters. The third kappa shape index (κ3) is 4.52. The molecule has 1 aromatic rings. The molecule has 18 heavy (non-hydrogen) atoms. The molecule has 0 aliphatic carbocycles. The van der Waals surface area contributed by atoms with Crippen molar-refractivity contribution < 1.29 is 4.79 Å². The first-order valence-electron chi connectivity index (χ1n) is 5.85. The van der Waals surface area contributed by atoms with Gasteiger partial charge in [-0.1, -0.05) is 29.8 Å². The van der Waals surface area contributed by atoms with Crippen molar-refractivity contribution >= 4 is 29.3 Å². The third-order valence-electron chi connectivity index (χ3n) is 2.70. The molecule has 0 spiro atoms. The van der Waals surface area contributed by atoms with Gasteiger partial charge >= 0.3 is 0 Å². The van der Waals surface area contributed by atoms with Gasteiger partial charge in [0.15, 0.2) is 0 Å². The molecule has 0 radical (unpaired) electrons. The Hall–Kier alpha value is -0.710. The van der Waals surface area contributed by atoms with Crippen LogP contribution in [0.15, 0.2) is 24.3 Å². The van der Waals surface area contributed by atoms with Crippen LogP contribution >= 0.6 is 23.4 Å². The van der Waals surface area contributed by atoms with Crippen LogP contribution in [-0.4, -0.2) is 24.0 Å². The van der Waals surface area contributed by atoms with Gasteiger partial charge in [-0.2, -0.15) is 11.8 Å². The van der Waals surface area contributed by atoms with Crippen molar-refractivity contribution in [2.24, 2.45) is 5.73 Å². The lowest BCUT2D eigenvalue weighted by Gasteiger charge is -2.18. The smallest absolute Gasteiger partial charge is 0.237 e. The van der Waals surface area contributed by atoms with Crippen molar-refractivity contribution in [2.45, 2.75) is 25.4 Å². The van der Waals surface area contributed by atoms with E-state index in [9.17, 15) is 4.79 Å². The highest BCUT2D eigenvalue weighted by atomic mass is 35.5. The fraction of sp³-hybridized carbons (Fsp3) is 0.462. The fourth-order valence-corrected chi connectivity index (χ4v) is 2.39. The van der Waals surface area contributed by atoms with Gasteiger partial charge in [0.2, 0.25) is 5.91 Å². The summed E-state index contributed by atoms with van der Waals surface area (Å²) in [5, 5.41) is 3.54. The molecule has 3 nitrogen and oxygen atoms in total. The molecule has 0 heterocycles. The number of thioether (sulfide) groups is 1. The molecule has 1 aromatic carbocycles. The summed E-state index contributed by atoms with van der Waals surface area (Å²) in [4.78, 5) is 11.9. The van der Waals surface area contributed by atoms with Crippen LogP contribution in [0.4, 0.5) is 0 Å². The van der Waals surface area contributed by atoms with Gasteiger partial charge in [0.05, 0.1) is 12.1 Å². The number of amides is 1. The van der Waals surface area contributed by atoms with Gasteiger partial charge in [-0.3, -0.25) is 4.79 Å². The summed E-state index contributed by atoms with van der Waals surface area (Å²) >= 11 is 7.76. The zero-order valence-corrected chi connectivity index (χ0v) is 12.2. The molecule has 0 aliphatic rings. The summed E-state index contributed by atoms with van der Waals surface area (Å²) in [6, 6.07) is 6.89. The van der Waals surface area contributed by atoms with Gasteiger partial charge < -0.3 is 11.1 Å². The van der Waals surface area contributed by atoms with Crippen molar-refractivity contribution in [1.29, 1.82) is 0 Å². The van der Waals surface area contributed by atoms with E-state index < -0.39 is 6.04 Å². The Labute approximate surface area is 117 Å².